The van der Waals surface area contributed by atoms with Crippen molar-refractivity contribution in [2.45, 2.75) is 24.3 Å². The van der Waals surface area contributed by atoms with Gasteiger partial charge in [0.1, 0.15) is 6.10 Å². The second kappa shape index (κ2) is 4.28. The Labute approximate surface area is 88.2 Å². The first-order valence-electron chi connectivity index (χ1n) is 5.02. The van der Waals surface area contributed by atoms with E-state index in [1.54, 1.807) is 0 Å². The summed E-state index contributed by atoms with van der Waals surface area (Å²) >= 11 is 0. The molecule has 4 unspecified atom stereocenters. The van der Waals surface area contributed by atoms with E-state index in [0.717, 1.165) is 5.56 Å². The quantitative estimate of drug-likeness (QED) is 0.525. The van der Waals surface area contributed by atoms with Crippen LogP contribution in [0, 0.1) is 0 Å². The summed E-state index contributed by atoms with van der Waals surface area (Å²) in [4.78, 5) is 0. The normalized spacial score (nSPS) is 35.7. The molecule has 82 valence electrons. The second-order valence-electron chi connectivity index (χ2n) is 3.83. The first kappa shape index (κ1) is 10.6. The Bertz CT molecular complexity index is 317. The smallest absolute Gasteiger partial charge is 0.101 e. The van der Waals surface area contributed by atoms with Crippen LogP contribution in [0.3, 0.4) is 0 Å². The molecule has 1 heterocycles. The van der Waals surface area contributed by atoms with E-state index in [2.05, 4.69) is 5.32 Å². The van der Waals surface area contributed by atoms with Crippen LogP contribution in [0.25, 0.3) is 0 Å². The van der Waals surface area contributed by atoms with Crippen LogP contribution in [0.5, 0.6) is 0 Å². The van der Waals surface area contributed by atoms with E-state index in [1.165, 1.54) is 0 Å². The van der Waals surface area contributed by atoms with Gasteiger partial charge < -0.3 is 20.6 Å². The Kier molecular flexibility index (Phi) is 3.02. The molecule has 2 rings (SSSR count). The topological polar surface area (TPSA) is 72.7 Å². The molecule has 0 aromatic heterocycles. The average Bonchev–Trinajstić information content (AvgIpc) is 2.57. The molecular weight excluding hydrogens is 194 g/mol. The van der Waals surface area contributed by atoms with Gasteiger partial charge in [-0.25, -0.2) is 0 Å². The lowest BCUT2D eigenvalue weighted by Crippen LogP contribution is -2.35. The van der Waals surface area contributed by atoms with Gasteiger partial charge in [0.2, 0.25) is 0 Å². The fourth-order valence-electron chi connectivity index (χ4n) is 1.98. The molecule has 0 saturated carbocycles. The largest absolute Gasteiger partial charge is 0.395 e. The zero-order valence-corrected chi connectivity index (χ0v) is 8.24. The molecule has 1 saturated heterocycles. The summed E-state index contributed by atoms with van der Waals surface area (Å²) in [5.74, 6) is 0. The average molecular weight is 209 g/mol. The Balaban J connectivity index is 2.19. The number of benzene rings is 1. The van der Waals surface area contributed by atoms with Gasteiger partial charge in [-0.3, -0.25) is 0 Å². The van der Waals surface area contributed by atoms with E-state index in [0.29, 0.717) is 0 Å². The molecule has 1 aliphatic rings. The predicted octanol–water partition coefficient (Wildman–Crippen LogP) is -0.586. The summed E-state index contributed by atoms with van der Waals surface area (Å²) in [6.45, 7) is -0.179. The molecule has 0 radical (unpaired) electrons. The van der Waals surface area contributed by atoms with Gasteiger partial charge >= 0.3 is 0 Å². The maximum atomic E-state index is 9.79. The van der Waals surface area contributed by atoms with Gasteiger partial charge in [-0.1, -0.05) is 30.3 Å². The monoisotopic (exact) mass is 209 g/mol. The van der Waals surface area contributed by atoms with Crippen molar-refractivity contribution < 1.29 is 15.3 Å². The van der Waals surface area contributed by atoms with Gasteiger partial charge in [-0.2, -0.15) is 0 Å². The van der Waals surface area contributed by atoms with Crippen LogP contribution in [-0.2, 0) is 0 Å². The van der Waals surface area contributed by atoms with Gasteiger partial charge in [-0.05, 0) is 5.56 Å². The highest BCUT2D eigenvalue weighted by Gasteiger charge is 2.40. The number of hydrogen-bond acceptors (Lipinski definition) is 4. The minimum absolute atomic E-state index is 0.179. The molecule has 1 fully saturated rings. The number of nitrogens with one attached hydrogen (secondary N) is 1. The van der Waals surface area contributed by atoms with Crippen molar-refractivity contribution in [2.24, 2.45) is 0 Å². The van der Waals surface area contributed by atoms with Crippen molar-refractivity contribution in [1.82, 2.24) is 5.32 Å². The van der Waals surface area contributed by atoms with Crippen LogP contribution in [0.2, 0.25) is 0 Å². The van der Waals surface area contributed by atoms with Gasteiger partial charge in [-0.15, -0.1) is 0 Å². The van der Waals surface area contributed by atoms with Crippen molar-refractivity contribution >= 4 is 0 Å². The summed E-state index contributed by atoms with van der Waals surface area (Å²) in [6.07, 6.45) is -1.79. The number of aliphatic hydroxyl groups is 3. The SMILES string of the molecule is OCC1NC(c2ccccc2)C(O)C1O. The molecule has 4 N–H and O–H groups in total. The second-order valence-corrected chi connectivity index (χ2v) is 3.83. The number of aliphatic hydroxyl groups excluding tert-OH is 3. The summed E-state index contributed by atoms with van der Waals surface area (Å²) in [7, 11) is 0. The molecular formula is C11H15NO3. The van der Waals surface area contributed by atoms with Gasteiger partial charge in [0.15, 0.2) is 0 Å². The van der Waals surface area contributed by atoms with E-state index >= 15 is 0 Å². The van der Waals surface area contributed by atoms with Gasteiger partial charge in [0.25, 0.3) is 0 Å². The summed E-state index contributed by atoms with van der Waals surface area (Å²) in [5.41, 5.74) is 0.917. The van der Waals surface area contributed by atoms with E-state index in [-0.39, 0.29) is 12.6 Å². The van der Waals surface area contributed by atoms with Crippen molar-refractivity contribution in [2.75, 3.05) is 6.61 Å². The highest BCUT2D eigenvalue weighted by atomic mass is 16.3. The molecule has 1 aliphatic heterocycles. The summed E-state index contributed by atoms with van der Waals surface area (Å²) < 4.78 is 0. The molecule has 0 amide bonds. The highest BCUT2D eigenvalue weighted by Crippen LogP contribution is 2.27. The fourth-order valence-corrected chi connectivity index (χ4v) is 1.98. The maximum Gasteiger partial charge on any atom is 0.101 e. The van der Waals surface area contributed by atoms with Crippen LogP contribution in [0.4, 0.5) is 0 Å². The van der Waals surface area contributed by atoms with Crippen LogP contribution in [-0.4, -0.2) is 40.2 Å². The standard InChI is InChI=1S/C11H15NO3/c13-6-8-10(14)11(15)9(12-8)7-4-2-1-3-5-7/h1-5,8-15H,6H2. The van der Waals surface area contributed by atoms with Crippen molar-refractivity contribution in [1.29, 1.82) is 0 Å². The van der Waals surface area contributed by atoms with Gasteiger partial charge in [0, 0.05) is 0 Å². The van der Waals surface area contributed by atoms with E-state index in [9.17, 15) is 10.2 Å². The molecule has 0 bridgehead atoms. The maximum absolute atomic E-state index is 9.79. The minimum Gasteiger partial charge on any atom is -0.395 e. The highest BCUT2D eigenvalue weighted by molar-refractivity contribution is 5.23. The fraction of sp³-hybridized carbons (Fsp3) is 0.455. The van der Waals surface area contributed by atoms with Crippen LogP contribution in [0.1, 0.15) is 11.6 Å². The molecule has 0 spiro atoms. The molecule has 4 nitrogen and oxygen atoms in total. The Morgan fingerprint density at radius 1 is 1.07 bits per heavy atom. The summed E-state index contributed by atoms with van der Waals surface area (Å²) in [6, 6.07) is 8.65. The first-order valence-corrected chi connectivity index (χ1v) is 5.02. The Hall–Kier alpha value is -0.940. The van der Waals surface area contributed by atoms with Crippen LogP contribution >= 0.6 is 0 Å². The molecule has 1 aromatic rings. The molecule has 1 aromatic carbocycles. The molecule has 4 atom stereocenters. The third-order valence-electron chi connectivity index (χ3n) is 2.85. The third-order valence-corrected chi connectivity index (χ3v) is 2.85. The minimum atomic E-state index is -0.916. The Morgan fingerprint density at radius 3 is 2.27 bits per heavy atom. The van der Waals surface area contributed by atoms with E-state index in [4.69, 9.17) is 5.11 Å². The van der Waals surface area contributed by atoms with Crippen LogP contribution in [0.15, 0.2) is 30.3 Å². The van der Waals surface area contributed by atoms with Crippen LogP contribution < -0.4 is 5.32 Å². The summed E-state index contributed by atoms with van der Waals surface area (Å²) in [5, 5.41) is 31.4. The lowest BCUT2D eigenvalue weighted by molar-refractivity contribution is 0.0194. The Morgan fingerprint density at radius 2 is 1.73 bits per heavy atom. The van der Waals surface area contributed by atoms with E-state index in [1.807, 2.05) is 30.3 Å². The zero-order chi connectivity index (χ0) is 10.8. The molecule has 4 heteroatoms. The number of hydrogen-bond donors (Lipinski definition) is 4. The molecule has 0 aliphatic carbocycles. The van der Waals surface area contributed by atoms with Crippen molar-refractivity contribution in [3.05, 3.63) is 35.9 Å². The first-order chi connectivity index (χ1) is 7.24. The third kappa shape index (κ3) is 1.89. The number of rotatable bonds is 2. The lowest BCUT2D eigenvalue weighted by atomic mass is 10.0. The van der Waals surface area contributed by atoms with Crippen molar-refractivity contribution in [3.8, 4) is 0 Å². The van der Waals surface area contributed by atoms with Gasteiger partial charge in [0.05, 0.1) is 24.8 Å². The predicted molar refractivity (Wildman–Crippen MR) is 55.2 cm³/mol. The zero-order valence-electron chi connectivity index (χ0n) is 8.24. The lowest BCUT2D eigenvalue weighted by Gasteiger charge is -2.15. The van der Waals surface area contributed by atoms with Crippen molar-refractivity contribution in [3.63, 3.8) is 0 Å². The molecule has 15 heavy (non-hydrogen) atoms. The van der Waals surface area contributed by atoms with E-state index < -0.39 is 18.2 Å².